The van der Waals surface area contributed by atoms with E-state index in [1.54, 1.807) is 10.9 Å². The lowest BCUT2D eigenvalue weighted by atomic mass is 10.1. The second-order valence-electron chi connectivity index (χ2n) is 8.66. The van der Waals surface area contributed by atoms with E-state index in [-0.39, 0.29) is 11.1 Å². The second-order valence-corrected chi connectivity index (χ2v) is 8.66. The molecule has 1 aliphatic heterocycles. The van der Waals surface area contributed by atoms with Crippen LogP contribution in [0, 0.1) is 0 Å². The van der Waals surface area contributed by atoms with Gasteiger partial charge in [-0.05, 0) is 45.2 Å². The van der Waals surface area contributed by atoms with Crippen molar-refractivity contribution >= 4 is 22.8 Å². The molecule has 4 rings (SSSR count). The predicted molar refractivity (Wildman–Crippen MR) is 115 cm³/mol. The Kier molecular flexibility index (Phi) is 5.25. The van der Waals surface area contributed by atoms with Crippen LogP contribution in [0.25, 0.3) is 11.0 Å². The summed E-state index contributed by atoms with van der Waals surface area (Å²) in [6.07, 6.45) is 8.55. The van der Waals surface area contributed by atoms with Gasteiger partial charge in [0.05, 0.1) is 11.7 Å². The van der Waals surface area contributed by atoms with Crippen LogP contribution in [0.4, 0.5) is 11.8 Å². The van der Waals surface area contributed by atoms with Gasteiger partial charge in [0.1, 0.15) is 11.2 Å². The molecule has 0 atom stereocenters. The average molecular weight is 396 g/mol. The summed E-state index contributed by atoms with van der Waals surface area (Å²) in [4.78, 5) is 26.8. The molecule has 1 aliphatic rings. The van der Waals surface area contributed by atoms with E-state index in [0.717, 1.165) is 24.5 Å². The van der Waals surface area contributed by atoms with Crippen LogP contribution in [0.15, 0.2) is 29.3 Å². The highest BCUT2D eigenvalue weighted by Gasteiger charge is 2.20. The zero-order chi connectivity index (χ0) is 20.4. The number of hydrogen-bond donors (Lipinski definition) is 2. The lowest BCUT2D eigenvalue weighted by molar-refractivity contribution is 0.366. The Hall–Kier alpha value is -2.90. The summed E-state index contributed by atoms with van der Waals surface area (Å²) in [6, 6.07) is 4.16. The van der Waals surface area contributed by atoms with Crippen LogP contribution < -0.4 is 15.8 Å². The van der Waals surface area contributed by atoms with E-state index < -0.39 is 0 Å². The summed E-state index contributed by atoms with van der Waals surface area (Å²) in [5, 5.41) is 8.04. The first kappa shape index (κ1) is 19.4. The van der Waals surface area contributed by atoms with Gasteiger partial charge < -0.3 is 10.2 Å². The highest BCUT2D eigenvalue weighted by molar-refractivity contribution is 5.74. The highest BCUT2D eigenvalue weighted by Crippen LogP contribution is 2.20. The molecule has 4 heterocycles. The molecule has 2 N–H and O–H groups in total. The zero-order valence-corrected chi connectivity index (χ0v) is 17.4. The molecule has 29 heavy (non-hydrogen) atoms. The Labute approximate surface area is 170 Å². The largest absolute Gasteiger partial charge is 0.357 e. The highest BCUT2D eigenvalue weighted by atomic mass is 16.1. The molecule has 0 bridgehead atoms. The maximum atomic E-state index is 12.4. The summed E-state index contributed by atoms with van der Waals surface area (Å²) < 4.78 is 1.78. The third-order valence-electron chi connectivity index (χ3n) is 5.27. The van der Waals surface area contributed by atoms with Crippen molar-refractivity contribution in [3.63, 3.8) is 0 Å². The number of pyridine rings is 1. The summed E-state index contributed by atoms with van der Waals surface area (Å²) in [5.41, 5.74) is 1.17. The maximum absolute atomic E-state index is 12.4. The van der Waals surface area contributed by atoms with Crippen molar-refractivity contribution in [2.45, 2.75) is 58.5 Å². The van der Waals surface area contributed by atoms with Gasteiger partial charge in [0, 0.05) is 25.8 Å². The van der Waals surface area contributed by atoms with Gasteiger partial charge in [0.2, 0.25) is 5.95 Å². The van der Waals surface area contributed by atoms with Crippen molar-refractivity contribution in [1.82, 2.24) is 24.7 Å². The molecule has 0 aromatic carbocycles. The Bertz CT molecular complexity index is 1020. The molecule has 0 radical (unpaired) electrons. The zero-order valence-electron chi connectivity index (χ0n) is 17.4. The number of aromatic nitrogens is 5. The number of fused-ring (bicyclic) bond motifs is 1. The molecule has 0 aliphatic carbocycles. The van der Waals surface area contributed by atoms with Crippen molar-refractivity contribution in [1.29, 1.82) is 0 Å². The van der Waals surface area contributed by atoms with E-state index in [1.165, 1.54) is 25.7 Å². The van der Waals surface area contributed by atoms with Gasteiger partial charge in [0.25, 0.3) is 5.56 Å². The molecular weight excluding hydrogens is 366 g/mol. The summed E-state index contributed by atoms with van der Waals surface area (Å²) in [7, 11) is 0. The van der Waals surface area contributed by atoms with E-state index in [1.807, 2.05) is 27.0 Å². The maximum Gasteiger partial charge on any atom is 0.263 e. The van der Waals surface area contributed by atoms with Crippen molar-refractivity contribution in [2.24, 2.45) is 0 Å². The van der Waals surface area contributed by atoms with Crippen LogP contribution in [0.5, 0.6) is 0 Å². The molecule has 8 heteroatoms. The third-order valence-corrected chi connectivity index (χ3v) is 5.27. The van der Waals surface area contributed by atoms with E-state index >= 15 is 0 Å². The van der Waals surface area contributed by atoms with Crippen molar-refractivity contribution in [3.05, 3.63) is 40.4 Å². The van der Waals surface area contributed by atoms with Crippen LogP contribution in [-0.2, 0) is 12.1 Å². The first-order valence-corrected chi connectivity index (χ1v) is 10.3. The molecular formula is C21H29N7O. The normalized spacial score (nSPS) is 15.5. The average Bonchev–Trinajstić information content (AvgIpc) is 2.95. The van der Waals surface area contributed by atoms with E-state index in [4.69, 9.17) is 0 Å². The predicted octanol–water partition coefficient (Wildman–Crippen LogP) is 3.26. The SMILES string of the molecule is CC(C)(C)n1ncc2c(=O)[nH]c(NCc3ccc(N4CCCCCC4)nc3)nc21. The Morgan fingerprint density at radius 1 is 1.10 bits per heavy atom. The van der Waals surface area contributed by atoms with Gasteiger partial charge in [-0.1, -0.05) is 18.9 Å². The fourth-order valence-corrected chi connectivity index (χ4v) is 3.69. The van der Waals surface area contributed by atoms with Crippen LogP contribution in [-0.4, -0.2) is 37.8 Å². The monoisotopic (exact) mass is 395 g/mol. The van der Waals surface area contributed by atoms with Crippen LogP contribution >= 0.6 is 0 Å². The molecule has 1 saturated heterocycles. The summed E-state index contributed by atoms with van der Waals surface area (Å²) >= 11 is 0. The van der Waals surface area contributed by atoms with Crippen LogP contribution in [0.1, 0.15) is 52.0 Å². The molecule has 3 aromatic rings. The first-order valence-electron chi connectivity index (χ1n) is 10.3. The first-order chi connectivity index (χ1) is 13.9. The van der Waals surface area contributed by atoms with Gasteiger partial charge in [-0.15, -0.1) is 0 Å². The minimum Gasteiger partial charge on any atom is -0.357 e. The van der Waals surface area contributed by atoms with Crippen LogP contribution in [0.2, 0.25) is 0 Å². The Balaban J connectivity index is 1.48. The Morgan fingerprint density at radius 2 is 1.86 bits per heavy atom. The lowest BCUT2D eigenvalue weighted by Crippen LogP contribution is -2.25. The number of anilines is 2. The van der Waals surface area contributed by atoms with Gasteiger partial charge in [0.15, 0.2) is 5.65 Å². The van der Waals surface area contributed by atoms with Crippen molar-refractivity contribution < 1.29 is 0 Å². The van der Waals surface area contributed by atoms with Crippen molar-refractivity contribution in [3.8, 4) is 0 Å². The minimum atomic E-state index is -0.257. The number of nitrogens with one attached hydrogen (secondary N) is 2. The molecule has 0 spiro atoms. The minimum absolute atomic E-state index is 0.192. The Morgan fingerprint density at radius 3 is 2.52 bits per heavy atom. The number of rotatable bonds is 4. The standard InChI is InChI=1S/C21H29N7O/c1-21(2,3)28-18-16(14-24-28)19(29)26-20(25-18)23-13-15-8-9-17(22-12-15)27-10-6-4-5-7-11-27/h8-9,12,14H,4-7,10-11,13H2,1-3H3,(H2,23,25,26,29). The molecule has 0 saturated carbocycles. The van der Waals surface area contributed by atoms with Gasteiger partial charge in [-0.2, -0.15) is 10.1 Å². The molecule has 3 aromatic heterocycles. The summed E-state index contributed by atoms with van der Waals surface area (Å²) in [5.74, 6) is 1.47. The third kappa shape index (κ3) is 4.26. The molecule has 1 fully saturated rings. The van der Waals surface area contributed by atoms with Crippen molar-refractivity contribution in [2.75, 3.05) is 23.3 Å². The van der Waals surface area contributed by atoms with Gasteiger partial charge >= 0.3 is 0 Å². The smallest absolute Gasteiger partial charge is 0.263 e. The molecule has 154 valence electrons. The van der Waals surface area contributed by atoms with E-state index in [0.29, 0.717) is 23.5 Å². The fraction of sp³-hybridized carbons (Fsp3) is 0.524. The number of hydrogen-bond acceptors (Lipinski definition) is 6. The molecule has 0 unspecified atom stereocenters. The molecule has 0 amide bonds. The topological polar surface area (TPSA) is 91.7 Å². The van der Waals surface area contributed by atoms with E-state index in [2.05, 4.69) is 42.4 Å². The second kappa shape index (κ2) is 7.85. The number of H-pyrrole nitrogens is 1. The van der Waals surface area contributed by atoms with E-state index in [9.17, 15) is 4.79 Å². The fourth-order valence-electron chi connectivity index (χ4n) is 3.69. The lowest BCUT2D eigenvalue weighted by Gasteiger charge is -2.21. The molecule has 8 nitrogen and oxygen atoms in total. The van der Waals surface area contributed by atoms with Gasteiger partial charge in [-0.3, -0.25) is 9.78 Å². The summed E-state index contributed by atoms with van der Waals surface area (Å²) in [6.45, 7) is 8.80. The number of aromatic amines is 1. The quantitative estimate of drug-likeness (QED) is 0.704. The van der Waals surface area contributed by atoms with Gasteiger partial charge in [-0.25, -0.2) is 9.67 Å². The van der Waals surface area contributed by atoms with Crippen LogP contribution in [0.3, 0.4) is 0 Å². The number of nitrogens with zero attached hydrogens (tertiary/aromatic N) is 5.